The number of hydrogen-bond donors (Lipinski definition) is 2. The third-order valence-corrected chi connectivity index (χ3v) is 7.00. The molecule has 186 valence electrons. The largest absolute Gasteiger partial charge is 0.480 e. The zero-order chi connectivity index (χ0) is 24.6. The third-order valence-electron chi connectivity index (χ3n) is 6.77. The van der Waals surface area contributed by atoms with Gasteiger partial charge in [-0.15, -0.1) is 0 Å². The molecule has 1 heterocycles. The van der Waals surface area contributed by atoms with Crippen LogP contribution in [0.4, 0.5) is 0 Å². The number of aromatic nitrogens is 2. The zero-order valence-corrected chi connectivity index (χ0v) is 20.7. The van der Waals surface area contributed by atoms with E-state index in [0.717, 1.165) is 66.7 Å². The number of hydrogen-bond acceptors (Lipinski definition) is 4. The number of ether oxygens (including phenoxy) is 1. The van der Waals surface area contributed by atoms with Crippen LogP contribution in [0.1, 0.15) is 37.8 Å². The molecule has 1 aliphatic carbocycles. The smallest absolute Gasteiger partial charge is 0.329 e. The summed E-state index contributed by atoms with van der Waals surface area (Å²) in [5.41, 5.74) is 5.26. The van der Waals surface area contributed by atoms with Crippen LogP contribution in [0.5, 0.6) is 0 Å². The first kappa shape index (κ1) is 25.4. The van der Waals surface area contributed by atoms with Crippen molar-refractivity contribution in [2.24, 2.45) is 11.8 Å². The molecule has 0 atom stereocenters. The van der Waals surface area contributed by atoms with Crippen LogP contribution in [0.3, 0.4) is 0 Å². The Kier molecular flexibility index (Phi) is 8.96. The maximum absolute atomic E-state index is 10.7. The molecular weight excluding hydrogens is 464 g/mol. The maximum Gasteiger partial charge on any atom is 0.329 e. The van der Waals surface area contributed by atoms with E-state index in [1.165, 1.54) is 0 Å². The summed E-state index contributed by atoms with van der Waals surface area (Å²) < 4.78 is 7.48. The molecule has 3 aromatic rings. The van der Waals surface area contributed by atoms with Gasteiger partial charge in [-0.3, -0.25) is 4.68 Å². The summed E-state index contributed by atoms with van der Waals surface area (Å²) in [6, 6.07) is 18.1. The second kappa shape index (κ2) is 12.3. The molecule has 0 saturated heterocycles. The molecule has 6 nitrogen and oxygen atoms in total. The normalized spacial score (nSPS) is 18.0. The summed E-state index contributed by atoms with van der Waals surface area (Å²) in [5, 5.41) is 24.2. The molecule has 0 aliphatic heterocycles. The minimum absolute atomic E-state index is 0.127. The predicted octanol–water partition coefficient (Wildman–Crippen LogP) is 5.70. The summed E-state index contributed by atoms with van der Waals surface area (Å²) in [6.45, 7) is 1.24. The van der Waals surface area contributed by atoms with Crippen molar-refractivity contribution in [2.75, 3.05) is 19.8 Å². The molecule has 4 rings (SSSR count). The molecular formula is C28H33ClN2O4. The third kappa shape index (κ3) is 6.72. The number of carboxylic acids is 1. The minimum Gasteiger partial charge on any atom is -0.480 e. The highest BCUT2D eigenvalue weighted by Crippen LogP contribution is 2.38. The fourth-order valence-corrected chi connectivity index (χ4v) is 5.22. The second-order valence-corrected chi connectivity index (χ2v) is 9.79. The van der Waals surface area contributed by atoms with E-state index in [1.54, 1.807) is 0 Å². The quantitative estimate of drug-likeness (QED) is 0.355. The molecule has 0 unspecified atom stereocenters. The maximum atomic E-state index is 10.7. The van der Waals surface area contributed by atoms with Crippen LogP contribution in [-0.2, 0) is 22.5 Å². The Balaban J connectivity index is 1.60. The molecule has 1 aromatic heterocycles. The Labute approximate surface area is 211 Å². The van der Waals surface area contributed by atoms with Crippen molar-refractivity contribution in [1.29, 1.82) is 0 Å². The van der Waals surface area contributed by atoms with Gasteiger partial charge in [0, 0.05) is 35.0 Å². The average Bonchev–Trinajstić information content (AvgIpc) is 3.22. The minimum atomic E-state index is -0.919. The number of aliphatic hydroxyl groups excluding tert-OH is 1. The van der Waals surface area contributed by atoms with Gasteiger partial charge >= 0.3 is 5.97 Å². The summed E-state index contributed by atoms with van der Waals surface area (Å²) >= 11 is 6.37. The van der Waals surface area contributed by atoms with Crippen LogP contribution in [0.2, 0.25) is 5.02 Å². The lowest BCUT2D eigenvalue weighted by molar-refractivity contribution is -0.142. The number of aliphatic hydroxyl groups is 1. The Morgan fingerprint density at radius 3 is 2.43 bits per heavy atom. The summed E-state index contributed by atoms with van der Waals surface area (Å²) in [7, 11) is 0. The number of nitrogens with zero attached hydrogens (tertiary/aromatic N) is 2. The number of rotatable bonds is 11. The molecule has 7 heteroatoms. The molecule has 35 heavy (non-hydrogen) atoms. The zero-order valence-electron chi connectivity index (χ0n) is 19.9. The van der Waals surface area contributed by atoms with Gasteiger partial charge in [-0.2, -0.15) is 5.10 Å². The molecule has 0 bridgehead atoms. The van der Waals surface area contributed by atoms with E-state index in [1.807, 2.05) is 36.4 Å². The van der Waals surface area contributed by atoms with Gasteiger partial charge in [0.15, 0.2) is 0 Å². The van der Waals surface area contributed by atoms with E-state index in [0.29, 0.717) is 29.9 Å². The van der Waals surface area contributed by atoms with Gasteiger partial charge in [0.05, 0.1) is 6.61 Å². The standard InChI is InChI=1S/C28H33ClN2O4/c29-24-9-4-8-23(16-24)27-25(10-5-15-32)31(30-28(27)22-6-2-1-3-7-22)17-20-11-13-21(14-12-20)18-35-19-26(33)34/h1-4,6-9,16,20-21,32H,5,10-15,17-19H2,(H,33,34)/t20-,21-. The van der Waals surface area contributed by atoms with E-state index < -0.39 is 5.97 Å². The van der Waals surface area contributed by atoms with Gasteiger partial charge < -0.3 is 14.9 Å². The number of halogens is 1. The van der Waals surface area contributed by atoms with Crippen molar-refractivity contribution in [1.82, 2.24) is 9.78 Å². The highest BCUT2D eigenvalue weighted by molar-refractivity contribution is 6.30. The Morgan fingerprint density at radius 1 is 1.03 bits per heavy atom. The molecule has 2 aromatic carbocycles. The summed E-state index contributed by atoms with van der Waals surface area (Å²) in [4.78, 5) is 10.7. The molecule has 0 amide bonds. The average molecular weight is 497 g/mol. The number of benzene rings is 2. The highest BCUT2D eigenvalue weighted by Gasteiger charge is 2.26. The van der Waals surface area contributed by atoms with E-state index in [9.17, 15) is 9.90 Å². The topological polar surface area (TPSA) is 84.6 Å². The first-order chi connectivity index (χ1) is 17.0. The predicted molar refractivity (Wildman–Crippen MR) is 137 cm³/mol. The molecule has 0 spiro atoms. The van der Waals surface area contributed by atoms with Crippen LogP contribution in [0.25, 0.3) is 22.4 Å². The van der Waals surface area contributed by atoms with Crippen LogP contribution in [0.15, 0.2) is 54.6 Å². The number of carbonyl (C=O) groups is 1. The molecule has 2 N–H and O–H groups in total. The Hall–Kier alpha value is -2.67. The van der Waals surface area contributed by atoms with Crippen LogP contribution >= 0.6 is 11.6 Å². The molecule has 1 aliphatic rings. The fourth-order valence-electron chi connectivity index (χ4n) is 5.03. The van der Waals surface area contributed by atoms with Crippen molar-refractivity contribution < 1.29 is 19.7 Å². The number of carboxylic acid groups (broad SMARTS) is 1. The Bertz CT molecular complexity index is 1110. The first-order valence-corrected chi connectivity index (χ1v) is 12.7. The van der Waals surface area contributed by atoms with E-state index in [-0.39, 0.29) is 13.2 Å². The van der Waals surface area contributed by atoms with Crippen molar-refractivity contribution in [3.05, 3.63) is 65.3 Å². The summed E-state index contributed by atoms with van der Waals surface area (Å²) in [5.74, 6) is -0.00850. The van der Waals surface area contributed by atoms with Gasteiger partial charge in [-0.1, -0.05) is 54.1 Å². The number of aliphatic carboxylic acids is 1. The second-order valence-electron chi connectivity index (χ2n) is 9.35. The molecule has 1 saturated carbocycles. The van der Waals surface area contributed by atoms with E-state index in [2.05, 4.69) is 22.9 Å². The highest BCUT2D eigenvalue weighted by atomic mass is 35.5. The lowest BCUT2D eigenvalue weighted by Gasteiger charge is -2.28. The fraction of sp³-hybridized carbons (Fsp3) is 0.429. The monoisotopic (exact) mass is 496 g/mol. The van der Waals surface area contributed by atoms with Crippen LogP contribution in [-0.4, -0.2) is 45.8 Å². The van der Waals surface area contributed by atoms with Gasteiger partial charge in [0.2, 0.25) is 0 Å². The van der Waals surface area contributed by atoms with Crippen LogP contribution in [0, 0.1) is 11.8 Å². The van der Waals surface area contributed by atoms with Crippen molar-refractivity contribution in [2.45, 2.75) is 45.1 Å². The van der Waals surface area contributed by atoms with Crippen molar-refractivity contribution in [3.8, 4) is 22.4 Å². The van der Waals surface area contributed by atoms with Crippen molar-refractivity contribution >= 4 is 17.6 Å². The lowest BCUT2D eigenvalue weighted by atomic mass is 9.82. The van der Waals surface area contributed by atoms with Crippen molar-refractivity contribution in [3.63, 3.8) is 0 Å². The summed E-state index contributed by atoms with van der Waals surface area (Å²) in [6.07, 6.45) is 5.59. The Morgan fingerprint density at radius 2 is 1.74 bits per heavy atom. The van der Waals surface area contributed by atoms with Gasteiger partial charge in [0.25, 0.3) is 0 Å². The first-order valence-electron chi connectivity index (χ1n) is 12.4. The molecule has 0 radical (unpaired) electrons. The van der Waals surface area contributed by atoms with Crippen LogP contribution < -0.4 is 0 Å². The van der Waals surface area contributed by atoms with Gasteiger partial charge in [-0.25, -0.2) is 4.79 Å². The van der Waals surface area contributed by atoms with Gasteiger partial charge in [-0.05, 0) is 68.1 Å². The van der Waals surface area contributed by atoms with E-state index >= 15 is 0 Å². The van der Waals surface area contributed by atoms with Gasteiger partial charge in [0.1, 0.15) is 12.3 Å². The lowest BCUT2D eigenvalue weighted by Crippen LogP contribution is -2.24. The molecule has 1 fully saturated rings. The SMILES string of the molecule is O=C(O)COC[C@H]1CC[C@H](Cn2nc(-c3ccccc3)c(-c3cccc(Cl)c3)c2CCCO)CC1. The van der Waals surface area contributed by atoms with E-state index in [4.69, 9.17) is 26.5 Å².